The van der Waals surface area contributed by atoms with E-state index in [1.165, 1.54) is 4.90 Å². The van der Waals surface area contributed by atoms with Crippen molar-refractivity contribution in [2.45, 2.75) is 17.9 Å². The smallest absolute Gasteiger partial charge is 0.230 e. The summed E-state index contributed by atoms with van der Waals surface area (Å²) in [5.41, 5.74) is 0.886. The Morgan fingerprint density at radius 1 is 0.853 bits per heavy atom. The van der Waals surface area contributed by atoms with Crippen molar-refractivity contribution in [3.63, 3.8) is 0 Å². The third-order valence-electron chi connectivity index (χ3n) is 5.94. The molecule has 1 unspecified atom stereocenters. The number of piperazine rings is 1. The molecule has 8 heteroatoms. The molecule has 1 aliphatic rings. The molecule has 2 aromatic carbocycles. The lowest BCUT2D eigenvalue weighted by atomic mass is 10.2. The lowest BCUT2D eigenvalue weighted by molar-refractivity contribution is 0.146. The maximum atomic E-state index is 6.14. The average molecular weight is 474 g/mol. The summed E-state index contributed by atoms with van der Waals surface area (Å²) in [6.45, 7) is 6.00. The van der Waals surface area contributed by atoms with Gasteiger partial charge in [0.1, 0.15) is 17.3 Å². The number of benzene rings is 2. The van der Waals surface area contributed by atoms with Gasteiger partial charge in [0.25, 0.3) is 0 Å². The molecule has 0 bridgehead atoms. The fraction of sp³-hybridized carbons (Fsp3) is 0.269. The summed E-state index contributed by atoms with van der Waals surface area (Å²) < 4.78 is 13.8. The van der Waals surface area contributed by atoms with Crippen LogP contribution < -0.4 is 9.47 Å². The standard InChI is InChI=1S/C26H27N5O2S/c1-19(30-15-17-31(18-16-30)34-22-9-7-20(32-2)8-10-22)25-28-24-6-4-3-5-23(24)26(29-25)33-21-11-13-27-14-12-21/h3-14,19H,15-18H2,1-2H3. The number of hydrogen-bond acceptors (Lipinski definition) is 8. The summed E-state index contributed by atoms with van der Waals surface area (Å²) in [4.78, 5) is 17.5. The van der Waals surface area contributed by atoms with Crippen LogP contribution in [0, 0.1) is 0 Å². The highest BCUT2D eigenvalue weighted by atomic mass is 32.2. The second-order valence-corrected chi connectivity index (χ2v) is 9.27. The molecule has 174 valence electrons. The van der Waals surface area contributed by atoms with E-state index in [4.69, 9.17) is 19.4 Å². The Bertz CT molecular complexity index is 1230. The Morgan fingerprint density at radius 3 is 2.32 bits per heavy atom. The SMILES string of the molecule is COc1ccc(SN2CCN(C(C)c3nc(Oc4ccncc4)c4ccccc4n3)CC2)cc1. The first-order chi connectivity index (χ1) is 16.7. The summed E-state index contributed by atoms with van der Waals surface area (Å²) in [5, 5.41) is 0.899. The topological polar surface area (TPSA) is 63.6 Å². The van der Waals surface area contributed by atoms with Crippen LogP contribution in [0.25, 0.3) is 10.9 Å². The predicted octanol–water partition coefficient (Wildman–Crippen LogP) is 5.21. The van der Waals surface area contributed by atoms with Crippen LogP contribution in [0.4, 0.5) is 0 Å². The monoisotopic (exact) mass is 473 g/mol. The van der Waals surface area contributed by atoms with Crippen molar-refractivity contribution in [2.75, 3.05) is 33.3 Å². The molecule has 0 aliphatic carbocycles. The van der Waals surface area contributed by atoms with Crippen LogP contribution in [-0.2, 0) is 0 Å². The van der Waals surface area contributed by atoms with Gasteiger partial charge in [-0.25, -0.2) is 9.29 Å². The number of nitrogens with zero attached hydrogens (tertiary/aromatic N) is 5. The Kier molecular flexibility index (Phi) is 6.89. The van der Waals surface area contributed by atoms with Crippen LogP contribution in [0.15, 0.2) is 78.0 Å². The summed E-state index contributed by atoms with van der Waals surface area (Å²) in [6, 6.07) is 19.9. The number of fused-ring (bicyclic) bond motifs is 1. The van der Waals surface area contributed by atoms with E-state index < -0.39 is 0 Å². The third kappa shape index (κ3) is 5.14. The number of hydrogen-bond donors (Lipinski definition) is 0. The van der Waals surface area contributed by atoms with Gasteiger partial charge in [-0.05, 0) is 67.4 Å². The van der Waals surface area contributed by atoms with Crippen molar-refractivity contribution < 1.29 is 9.47 Å². The van der Waals surface area contributed by atoms with Crippen molar-refractivity contribution in [1.29, 1.82) is 0 Å². The quantitative estimate of drug-likeness (QED) is 0.339. The fourth-order valence-corrected chi connectivity index (χ4v) is 4.88. The van der Waals surface area contributed by atoms with Gasteiger partial charge >= 0.3 is 0 Å². The van der Waals surface area contributed by atoms with E-state index >= 15 is 0 Å². The molecule has 0 radical (unpaired) electrons. The molecule has 1 saturated heterocycles. The summed E-state index contributed by atoms with van der Waals surface area (Å²) >= 11 is 1.79. The first-order valence-electron chi connectivity index (χ1n) is 11.4. The molecular formula is C26H27N5O2S. The lowest BCUT2D eigenvalue weighted by Crippen LogP contribution is -2.44. The largest absolute Gasteiger partial charge is 0.497 e. The van der Waals surface area contributed by atoms with E-state index in [1.807, 2.05) is 48.5 Å². The van der Waals surface area contributed by atoms with Crippen LogP contribution in [0.2, 0.25) is 0 Å². The van der Waals surface area contributed by atoms with Crippen molar-refractivity contribution in [3.8, 4) is 17.4 Å². The first kappa shape index (κ1) is 22.6. The van der Waals surface area contributed by atoms with Gasteiger partial charge < -0.3 is 9.47 Å². The van der Waals surface area contributed by atoms with Gasteiger partial charge in [-0.3, -0.25) is 9.88 Å². The molecule has 0 N–H and O–H groups in total. The van der Waals surface area contributed by atoms with Crippen LogP contribution in [0.3, 0.4) is 0 Å². The molecule has 1 atom stereocenters. The van der Waals surface area contributed by atoms with Crippen LogP contribution in [0.1, 0.15) is 18.8 Å². The summed E-state index contributed by atoms with van der Waals surface area (Å²) in [6.07, 6.45) is 3.43. The Morgan fingerprint density at radius 2 is 1.59 bits per heavy atom. The van der Waals surface area contributed by atoms with Gasteiger partial charge in [-0.15, -0.1) is 0 Å². The fourth-order valence-electron chi connectivity index (χ4n) is 3.98. The van der Waals surface area contributed by atoms with E-state index in [-0.39, 0.29) is 6.04 Å². The number of aromatic nitrogens is 3. The lowest BCUT2D eigenvalue weighted by Gasteiger charge is -2.36. The van der Waals surface area contributed by atoms with Crippen molar-refractivity contribution in [1.82, 2.24) is 24.2 Å². The zero-order valence-electron chi connectivity index (χ0n) is 19.3. The first-order valence-corrected chi connectivity index (χ1v) is 12.1. The maximum absolute atomic E-state index is 6.14. The number of ether oxygens (including phenoxy) is 2. The predicted molar refractivity (Wildman–Crippen MR) is 134 cm³/mol. The molecule has 5 rings (SSSR count). The Balaban J connectivity index is 1.29. The Labute approximate surface area is 203 Å². The Hall–Kier alpha value is -3.20. The average Bonchev–Trinajstić information content (AvgIpc) is 2.90. The molecule has 0 spiro atoms. The molecule has 2 aromatic heterocycles. The van der Waals surface area contributed by atoms with Crippen LogP contribution in [-0.4, -0.2) is 57.4 Å². The van der Waals surface area contributed by atoms with Gasteiger partial charge in [-0.2, -0.15) is 4.98 Å². The second-order valence-electron chi connectivity index (χ2n) is 8.10. The summed E-state index contributed by atoms with van der Waals surface area (Å²) in [7, 11) is 1.69. The third-order valence-corrected chi connectivity index (χ3v) is 7.04. The number of para-hydroxylation sites is 1. The molecule has 7 nitrogen and oxygen atoms in total. The van der Waals surface area contributed by atoms with Gasteiger partial charge in [-0.1, -0.05) is 12.1 Å². The van der Waals surface area contributed by atoms with Crippen molar-refractivity contribution in [2.24, 2.45) is 0 Å². The number of pyridine rings is 1. The van der Waals surface area contributed by atoms with Crippen LogP contribution >= 0.6 is 11.9 Å². The highest BCUT2D eigenvalue weighted by molar-refractivity contribution is 7.97. The molecular weight excluding hydrogens is 446 g/mol. The highest BCUT2D eigenvalue weighted by Crippen LogP contribution is 2.31. The van der Waals surface area contributed by atoms with Gasteiger partial charge in [0.05, 0.1) is 24.1 Å². The highest BCUT2D eigenvalue weighted by Gasteiger charge is 2.25. The normalized spacial score (nSPS) is 15.8. The minimum Gasteiger partial charge on any atom is -0.497 e. The van der Waals surface area contributed by atoms with E-state index in [9.17, 15) is 0 Å². The van der Waals surface area contributed by atoms with E-state index in [2.05, 4.69) is 33.2 Å². The van der Waals surface area contributed by atoms with Gasteiger partial charge in [0.2, 0.25) is 5.88 Å². The zero-order valence-corrected chi connectivity index (χ0v) is 20.1. The molecule has 1 fully saturated rings. The van der Waals surface area contributed by atoms with E-state index in [0.717, 1.165) is 48.7 Å². The van der Waals surface area contributed by atoms with Crippen LogP contribution in [0.5, 0.6) is 17.4 Å². The van der Waals surface area contributed by atoms with Crippen molar-refractivity contribution >= 4 is 22.9 Å². The van der Waals surface area contributed by atoms with Crippen molar-refractivity contribution in [3.05, 3.63) is 78.9 Å². The molecule has 1 aliphatic heterocycles. The van der Waals surface area contributed by atoms with E-state index in [0.29, 0.717) is 11.6 Å². The minimum absolute atomic E-state index is 0.0810. The number of rotatable bonds is 7. The van der Waals surface area contributed by atoms with Gasteiger partial charge in [0, 0.05) is 43.5 Å². The zero-order chi connectivity index (χ0) is 23.3. The van der Waals surface area contributed by atoms with Gasteiger partial charge in [0.15, 0.2) is 0 Å². The number of methoxy groups -OCH3 is 1. The molecule has 3 heterocycles. The second kappa shape index (κ2) is 10.4. The molecule has 0 amide bonds. The molecule has 4 aromatic rings. The minimum atomic E-state index is 0.0810. The maximum Gasteiger partial charge on any atom is 0.230 e. The van der Waals surface area contributed by atoms with E-state index in [1.54, 1.807) is 31.5 Å². The molecule has 0 saturated carbocycles. The molecule has 34 heavy (non-hydrogen) atoms. The summed E-state index contributed by atoms with van der Waals surface area (Å²) in [5.74, 6) is 2.94.